The minimum Gasteiger partial charge on any atom is -0.467 e. The summed E-state index contributed by atoms with van der Waals surface area (Å²) in [5.41, 5.74) is 6.42. The molecule has 0 saturated carbocycles. The van der Waals surface area contributed by atoms with Crippen molar-refractivity contribution < 1.29 is 18.4 Å². The highest BCUT2D eigenvalue weighted by molar-refractivity contribution is 5.95. The van der Waals surface area contributed by atoms with Crippen molar-refractivity contribution in [2.75, 3.05) is 31.5 Å². The molecule has 7 nitrogen and oxygen atoms in total. The summed E-state index contributed by atoms with van der Waals surface area (Å²) in [5.74, 6) is -0.137. The predicted molar refractivity (Wildman–Crippen MR) is 98.6 cm³/mol. The number of rotatable bonds is 5. The highest BCUT2D eigenvalue weighted by Crippen LogP contribution is 2.15. The van der Waals surface area contributed by atoms with Crippen LogP contribution in [0.25, 0.3) is 0 Å². The summed E-state index contributed by atoms with van der Waals surface area (Å²) in [7, 11) is 0. The van der Waals surface area contributed by atoms with E-state index >= 15 is 0 Å². The highest BCUT2D eigenvalue weighted by atomic mass is 19.1. The van der Waals surface area contributed by atoms with Crippen molar-refractivity contribution in [2.45, 2.75) is 19.5 Å². The Labute approximate surface area is 156 Å². The number of halogens is 1. The maximum atomic E-state index is 13.2. The number of hydrogen-bond donors (Lipinski definition) is 2. The van der Waals surface area contributed by atoms with Gasteiger partial charge in [0.2, 0.25) is 5.91 Å². The molecule has 0 bridgehead atoms. The Morgan fingerprint density at radius 1 is 1.26 bits per heavy atom. The summed E-state index contributed by atoms with van der Waals surface area (Å²) in [6, 6.07) is 7.07. The number of amides is 2. The van der Waals surface area contributed by atoms with E-state index in [4.69, 9.17) is 10.2 Å². The number of nitrogens with zero attached hydrogens (tertiary/aromatic N) is 2. The van der Waals surface area contributed by atoms with Crippen LogP contribution in [0.5, 0.6) is 0 Å². The molecule has 1 aromatic heterocycles. The molecule has 0 radical (unpaired) electrons. The lowest BCUT2D eigenvalue weighted by molar-refractivity contribution is -0.121. The van der Waals surface area contributed by atoms with Gasteiger partial charge in [0.25, 0.3) is 5.91 Å². The topological polar surface area (TPSA) is 91.8 Å². The fourth-order valence-electron chi connectivity index (χ4n) is 3.07. The number of piperazine rings is 1. The Kier molecular flexibility index (Phi) is 5.88. The molecule has 2 heterocycles. The Morgan fingerprint density at radius 3 is 2.63 bits per heavy atom. The number of benzene rings is 1. The van der Waals surface area contributed by atoms with E-state index in [-0.39, 0.29) is 24.4 Å². The maximum absolute atomic E-state index is 13.2. The van der Waals surface area contributed by atoms with E-state index < -0.39 is 5.82 Å². The largest absolute Gasteiger partial charge is 0.467 e. The van der Waals surface area contributed by atoms with Gasteiger partial charge >= 0.3 is 0 Å². The van der Waals surface area contributed by atoms with Crippen LogP contribution in [0.2, 0.25) is 0 Å². The van der Waals surface area contributed by atoms with Crippen molar-refractivity contribution in [1.29, 1.82) is 0 Å². The number of anilines is 1. The Hall–Kier alpha value is -2.71. The van der Waals surface area contributed by atoms with Crippen LogP contribution in [0.1, 0.15) is 23.0 Å². The molecule has 144 valence electrons. The van der Waals surface area contributed by atoms with E-state index in [0.717, 1.165) is 0 Å². The van der Waals surface area contributed by atoms with Crippen molar-refractivity contribution in [3.8, 4) is 0 Å². The van der Waals surface area contributed by atoms with Crippen molar-refractivity contribution in [3.63, 3.8) is 0 Å². The fraction of sp³-hybridized carbons (Fsp3) is 0.368. The highest BCUT2D eigenvalue weighted by Gasteiger charge is 2.28. The van der Waals surface area contributed by atoms with Crippen LogP contribution in [0, 0.1) is 5.82 Å². The molecule has 2 aromatic rings. The maximum Gasteiger partial charge on any atom is 0.257 e. The van der Waals surface area contributed by atoms with Crippen molar-refractivity contribution in [1.82, 2.24) is 9.80 Å². The van der Waals surface area contributed by atoms with E-state index in [1.807, 2.05) is 4.90 Å². The smallest absolute Gasteiger partial charge is 0.257 e. The molecule has 0 spiro atoms. The van der Waals surface area contributed by atoms with Gasteiger partial charge in [0, 0.05) is 31.9 Å². The second kappa shape index (κ2) is 8.32. The molecule has 3 N–H and O–H groups in total. The first-order chi connectivity index (χ1) is 13.0. The Balaban J connectivity index is 1.53. The van der Waals surface area contributed by atoms with Gasteiger partial charge in [0.1, 0.15) is 17.8 Å². The van der Waals surface area contributed by atoms with Gasteiger partial charge in [-0.15, -0.1) is 0 Å². The number of hydrogen-bond acceptors (Lipinski definition) is 5. The molecule has 27 heavy (non-hydrogen) atoms. The summed E-state index contributed by atoms with van der Waals surface area (Å²) >= 11 is 0. The van der Waals surface area contributed by atoms with Crippen molar-refractivity contribution >= 4 is 17.5 Å². The van der Waals surface area contributed by atoms with E-state index in [9.17, 15) is 14.0 Å². The molecule has 8 heteroatoms. The average molecular weight is 374 g/mol. The minimum absolute atomic E-state index is 0.102. The van der Waals surface area contributed by atoms with E-state index in [1.54, 1.807) is 30.0 Å². The standard InChI is InChI=1S/C19H23FN4O3/c1-13(18(25)22-16-4-2-3-15(20)10-16)23-5-7-24(8-6-23)19(26)14-9-17(11-21)27-12-14/h2-4,9-10,12-13H,5-8,11,21H2,1H3,(H,22,25). The van der Waals surface area contributed by atoms with Gasteiger partial charge in [-0.3, -0.25) is 14.5 Å². The minimum atomic E-state index is -0.399. The van der Waals surface area contributed by atoms with Crippen LogP contribution in [-0.4, -0.2) is 53.8 Å². The number of carbonyl (C=O) groups excluding carboxylic acids is 2. The number of nitrogens with two attached hydrogens (primary N) is 1. The number of furan rings is 1. The molecule has 1 unspecified atom stereocenters. The zero-order chi connectivity index (χ0) is 19.4. The second-order valence-electron chi connectivity index (χ2n) is 6.51. The quantitative estimate of drug-likeness (QED) is 0.831. The molecule has 1 aliphatic heterocycles. The summed E-state index contributed by atoms with van der Waals surface area (Å²) in [6.45, 7) is 4.23. The summed E-state index contributed by atoms with van der Waals surface area (Å²) in [4.78, 5) is 28.7. The first-order valence-corrected chi connectivity index (χ1v) is 8.85. The molecule has 1 saturated heterocycles. The molecule has 1 aromatic carbocycles. The van der Waals surface area contributed by atoms with Crippen LogP contribution in [-0.2, 0) is 11.3 Å². The summed E-state index contributed by atoms with van der Waals surface area (Å²) in [6.07, 6.45) is 1.42. The molecule has 0 aliphatic carbocycles. The van der Waals surface area contributed by atoms with Gasteiger partial charge < -0.3 is 20.4 Å². The van der Waals surface area contributed by atoms with Gasteiger partial charge in [-0.05, 0) is 31.2 Å². The molecular formula is C19H23FN4O3. The van der Waals surface area contributed by atoms with Crippen molar-refractivity contribution in [2.24, 2.45) is 5.73 Å². The first kappa shape index (κ1) is 19.1. The monoisotopic (exact) mass is 374 g/mol. The van der Waals surface area contributed by atoms with Gasteiger partial charge in [0.15, 0.2) is 0 Å². The average Bonchev–Trinajstić information content (AvgIpc) is 3.16. The Bertz CT molecular complexity index is 815. The lowest BCUT2D eigenvalue weighted by Crippen LogP contribution is -2.54. The van der Waals surface area contributed by atoms with E-state index in [1.165, 1.54) is 18.4 Å². The zero-order valence-corrected chi connectivity index (χ0v) is 15.2. The van der Waals surface area contributed by atoms with Gasteiger partial charge in [-0.25, -0.2) is 4.39 Å². The lowest BCUT2D eigenvalue weighted by Gasteiger charge is -2.37. The third-order valence-corrected chi connectivity index (χ3v) is 4.72. The first-order valence-electron chi connectivity index (χ1n) is 8.85. The van der Waals surface area contributed by atoms with E-state index in [0.29, 0.717) is 43.2 Å². The van der Waals surface area contributed by atoms with Crippen LogP contribution < -0.4 is 11.1 Å². The normalized spacial score (nSPS) is 16.2. The van der Waals surface area contributed by atoms with Crippen LogP contribution in [0.3, 0.4) is 0 Å². The number of nitrogens with one attached hydrogen (secondary N) is 1. The molecule has 3 rings (SSSR count). The van der Waals surface area contributed by atoms with E-state index in [2.05, 4.69) is 5.32 Å². The second-order valence-corrected chi connectivity index (χ2v) is 6.51. The van der Waals surface area contributed by atoms with Gasteiger partial charge in [-0.1, -0.05) is 6.07 Å². The van der Waals surface area contributed by atoms with Gasteiger partial charge in [-0.2, -0.15) is 0 Å². The van der Waals surface area contributed by atoms with Crippen molar-refractivity contribution in [3.05, 3.63) is 53.7 Å². The SMILES string of the molecule is CC(C(=O)Nc1cccc(F)c1)N1CCN(C(=O)c2coc(CN)c2)CC1. The summed E-state index contributed by atoms with van der Waals surface area (Å²) in [5, 5.41) is 2.72. The third-order valence-electron chi connectivity index (χ3n) is 4.72. The molecule has 1 atom stereocenters. The summed E-state index contributed by atoms with van der Waals surface area (Å²) < 4.78 is 18.5. The number of carbonyl (C=O) groups is 2. The van der Waals surface area contributed by atoms with Crippen LogP contribution in [0.4, 0.5) is 10.1 Å². The molecule has 2 amide bonds. The van der Waals surface area contributed by atoms with Crippen LogP contribution in [0.15, 0.2) is 41.0 Å². The van der Waals surface area contributed by atoms with Gasteiger partial charge in [0.05, 0.1) is 18.2 Å². The predicted octanol–water partition coefficient (Wildman–Crippen LogP) is 1.66. The third kappa shape index (κ3) is 4.53. The molecule has 1 aliphatic rings. The lowest BCUT2D eigenvalue weighted by atomic mass is 10.2. The molecular weight excluding hydrogens is 351 g/mol. The van der Waals surface area contributed by atoms with Crippen LogP contribution >= 0.6 is 0 Å². The molecule has 1 fully saturated rings. The fourth-order valence-corrected chi connectivity index (χ4v) is 3.07. The Morgan fingerprint density at radius 2 is 2.00 bits per heavy atom. The zero-order valence-electron chi connectivity index (χ0n) is 15.2.